The molecule has 0 bridgehead atoms. The Balaban J connectivity index is 0.00000162. The van der Waals surface area contributed by atoms with Gasteiger partial charge in [-0.05, 0) is 35.4 Å². The average molecular weight is 266 g/mol. The van der Waals surface area contributed by atoms with Gasteiger partial charge in [-0.15, -0.1) is 12.4 Å². The Kier molecular flexibility index (Phi) is 5.49. The first-order valence-electron chi connectivity index (χ1n) is 5.50. The highest BCUT2D eigenvalue weighted by Gasteiger charge is 1.95. The second-order valence-corrected chi connectivity index (χ2v) is 3.94. The molecule has 0 aromatic heterocycles. The fourth-order valence-electron chi connectivity index (χ4n) is 1.58. The van der Waals surface area contributed by atoms with Crippen LogP contribution < -0.4 is 5.32 Å². The standard InChI is InChI=1S/C14H15NO2.ClH/c16-13-5-1-11(2-6-13)9-15-10-12-3-7-14(17)8-4-12;/h1-8,15-17H,9-10H2;1H. The molecule has 0 radical (unpaired) electrons. The predicted molar refractivity (Wildman–Crippen MR) is 74.0 cm³/mol. The number of halogens is 1. The van der Waals surface area contributed by atoms with Gasteiger partial charge in [0, 0.05) is 13.1 Å². The van der Waals surface area contributed by atoms with Crippen LogP contribution in [0.5, 0.6) is 11.5 Å². The smallest absolute Gasteiger partial charge is 0.115 e. The van der Waals surface area contributed by atoms with E-state index in [1.54, 1.807) is 24.3 Å². The molecule has 96 valence electrons. The van der Waals surface area contributed by atoms with Crippen molar-refractivity contribution in [2.75, 3.05) is 0 Å². The molecule has 0 aliphatic rings. The molecule has 2 aromatic carbocycles. The van der Waals surface area contributed by atoms with Gasteiger partial charge in [-0.1, -0.05) is 24.3 Å². The number of aromatic hydroxyl groups is 2. The summed E-state index contributed by atoms with van der Waals surface area (Å²) in [5, 5.41) is 21.6. The van der Waals surface area contributed by atoms with Crippen molar-refractivity contribution in [2.45, 2.75) is 13.1 Å². The summed E-state index contributed by atoms with van der Waals surface area (Å²) in [6.07, 6.45) is 0. The van der Waals surface area contributed by atoms with E-state index in [2.05, 4.69) is 5.32 Å². The van der Waals surface area contributed by atoms with Gasteiger partial charge in [0.15, 0.2) is 0 Å². The van der Waals surface area contributed by atoms with Gasteiger partial charge in [-0.3, -0.25) is 0 Å². The molecule has 0 saturated carbocycles. The third-order valence-electron chi connectivity index (χ3n) is 2.53. The number of benzene rings is 2. The molecule has 0 atom stereocenters. The summed E-state index contributed by atoms with van der Waals surface area (Å²) in [7, 11) is 0. The molecule has 3 N–H and O–H groups in total. The molecule has 0 fully saturated rings. The normalized spacial score (nSPS) is 9.78. The van der Waals surface area contributed by atoms with Crippen molar-refractivity contribution in [2.24, 2.45) is 0 Å². The van der Waals surface area contributed by atoms with Crippen LogP contribution in [0.3, 0.4) is 0 Å². The Morgan fingerprint density at radius 1 is 0.667 bits per heavy atom. The molecule has 0 spiro atoms. The van der Waals surface area contributed by atoms with Crippen molar-refractivity contribution >= 4 is 12.4 Å². The maximum atomic E-state index is 9.14. The third-order valence-corrected chi connectivity index (χ3v) is 2.53. The highest BCUT2D eigenvalue weighted by molar-refractivity contribution is 5.85. The Hall–Kier alpha value is -1.71. The summed E-state index contributed by atoms with van der Waals surface area (Å²) in [5.41, 5.74) is 2.25. The fourth-order valence-corrected chi connectivity index (χ4v) is 1.58. The van der Waals surface area contributed by atoms with Crippen molar-refractivity contribution in [3.8, 4) is 11.5 Å². The van der Waals surface area contributed by atoms with Crippen LogP contribution in [-0.4, -0.2) is 10.2 Å². The molecule has 0 amide bonds. The fraction of sp³-hybridized carbons (Fsp3) is 0.143. The van der Waals surface area contributed by atoms with Gasteiger partial charge in [0.05, 0.1) is 0 Å². The molecule has 4 heteroatoms. The van der Waals surface area contributed by atoms with E-state index in [1.807, 2.05) is 24.3 Å². The predicted octanol–water partition coefficient (Wildman–Crippen LogP) is 2.81. The summed E-state index contributed by atoms with van der Waals surface area (Å²) in [6.45, 7) is 1.50. The molecule has 0 aliphatic carbocycles. The summed E-state index contributed by atoms with van der Waals surface area (Å²) in [5.74, 6) is 0.569. The largest absolute Gasteiger partial charge is 0.508 e. The van der Waals surface area contributed by atoms with Crippen molar-refractivity contribution in [1.82, 2.24) is 5.32 Å². The van der Waals surface area contributed by atoms with Crippen molar-refractivity contribution in [3.05, 3.63) is 59.7 Å². The lowest BCUT2D eigenvalue weighted by Crippen LogP contribution is -2.12. The monoisotopic (exact) mass is 265 g/mol. The summed E-state index contributed by atoms with van der Waals surface area (Å²) >= 11 is 0. The molecular weight excluding hydrogens is 250 g/mol. The van der Waals surface area contributed by atoms with E-state index in [9.17, 15) is 0 Å². The van der Waals surface area contributed by atoms with Crippen LogP contribution in [0, 0.1) is 0 Å². The lowest BCUT2D eigenvalue weighted by molar-refractivity contribution is 0.474. The highest BCUT2D eigenvalue weighted by Crippen LogP contribution is 2.11. The summed E-state index contributed by atoms with van der Waals surface area (Å²) in [6, 6.07) is 14.3. The van der Waals surface area contributed by atoms with Gasteiger partial charge >= 0.3 is 0 Å². The van der Waals surface area contributed by atoms with Crippen LogP contribution in [0.15, 0.2) is 48.5 Å². The number of hydrogen-bond donors (Lipinski definition) is 3. The topological polar surface area (TPSA) is 52.5 Å². The second kappa shape index (κ2) is 6.89. The number of nitrogens with one attached hydrogen (secondary N) is 1. The minimum Gasteiger partial charge on any atom is -0.508 e. The van der Waals surface area contributed by atoms with Crippen LogP contribution >= 0.6 is 12.4 Å². The van der Waals surface area contributed by atoms with Gasteiger partial charge in [0.1, 0.15) is 11.5 Å². The average Bonchev–Trinajstić information content (AvgIpc) is 2.34. The lowest BCUT2D eigenvalue weighted by Gasteiger charge is -2.05. The third kappa shape index (κ3) is 4.28. The van der Waals surface area contributed by atoms with Gasteiger partial charge < -0.3 is 15.5 Å². The lowest BCUT2D eigenvalue weighted by atomic mass is 10.2. The zero-order chi connectivity index (χ0) is 12.1. The molecule has 18 heavy (non-hydrogen) atoms. The first-order valence-corrected chi connectivity index (χ1v) is 5.50. The summed E-state index contributed by atoms with van der Waals surface area (Å²) < 4.78 is 0. The Morgan fingerprint density at radius 2 is 1.00 bits per heavy atom. The maximum absolute atomic E-state index is 9.14. The van der Waals surface area contributed by atoms with E-state index in [1.165, 1.54) is 0 Å². The number of phenols is 2. The molecule has 2 aromatic rings. The molecule has 3 nitrogen and oxygen atoms in total. The Bertz CT molecular complexity index is 423. The molecule has 0 unspecified atom stereocenters. The van der Waals surface area contributed by atoms with Crippen molar-refractivity contribution < 1.29 is 10.2 Å². The van der Waals surface area contributed by atoms with Crippen LogP contribution in [-0.2, 0) is 13.1 Å². The summed E-state index contributed by atoms with van der Waals surface area (Å²) in [4.78, 5) is 0. The van der Waals surface area contributed by atoms with Crippen LogP contribution in [0.4, 0.5) is 0 Å². The van der Waals surface area contributed by atoms with Crippen LogP contribution in [0.2, 0.25) is 0 Å². The van der Waals surface area contributed by atoms with E-state index in [-0.39, 0.29) is 23.9 Å². The minimum atomic E-state index is 0. The molecule has 0 saturated heterocycles. The number of hydrogen-bond acceptors (Lipinski definition) is 3. The van der Waals surface area contributed by atoms with Crippen LogP contribution in [0.1, 0.15) is 11.1 Å². The van der Waals surface area contributed by atoms with E-state index in [0.29, 0.717) is 0 Å². The Morgan fingerprint density at radius 3 is 1.33 bits per heavy atom. The van der Waals surface area contributed by atoms with Crippen molar-refractivity contribution in [3.63, 3.8) is 0 Å². The second-order valence-electron chi connectivity index (χ2n) is 3.94. The zero-order valence-electron chi connectivity index (χ0n) is 9.84. The van der Waals surface area contributed by atoms with E-state index >= 15 is 0 Å². The molecule has 2 rings (SSSR count). The number of phenolic OH excluding ortho intramolecular Hbond substituents is 2. The minimum absolute atomic E-state index is 0. The van der Waals surface area contributed by atoms with Crippen molar-refractivity contribution in [1.29, 1.82) is 0 Å². The van der Waals surface area contributed by atoms with Gasteiger partial charge in [0.2, 0.25) is 0 Å². The Labute approximate surface area is 113 Å². The van der Waals surface area contributed by atoms with Gasteiger partial charge in [0.25, 0.3) is 0 Å². The first-order chi connectivity index (χ1) is 8.24. The van der Waals surface area contributed by atoms with Gasteiger partial charge in [-0.2, -0.15) is 0 Å². The van der Waals surface area contributed by atoms with E-state index in [0.717, 1.165) is 24.2 Å². The maximum Gasteiger partial charge on any atom is 0.115 e. The van der Waals surface area contributed by atoms with E-state index in [4.69, 9.17) is 10.2 Å². The quantitative estimate of drug-likeness (QED) is 0.797. The molecule has 0 aliphatic heterocycles. The highest BCUT2D eigenvalue weighted by atomic mass is 35.5. The molecular formula is C14H16ClNO2. The van der Waals surface area contributed by atoms with Crippen LogP contribution in [0.25, 0.3) is 0 Å². The van der Waals surface area contributed by atoms with E-state index < -0.39 is 0 Å². The molecule has 0 heterocycles. The van der Waals surface area contributed by atoms with Gasteiger partial charge in [-0.25, -0.2) is 0 Å². The number of rotatable bonds is 4. The SMILES string of the molecule is Cl.Oc1ccc(CNCc2ccc(O)cc2)cc1. The first kappa shape index (κ1) is 14.4. The zero-order valence-corrected chi connectivity index (χ0v) is 10.7.